The van der Waals surface area contributed by atoms with Crippen molar-refractivity contribution in [1.29, 1.82) is 0 Å². The number of nitrogens with one attached hydrogen (secondary N) is 1. The van der Waals surface area contributed by atoms with Crippen molar-refractivity contribution < 1.29 is 35.9 Å². The number of sulfone groups is 1. The number of aromatic nitrogens is 2. The fourth-order valence-corrected chi connectivity index (χ4v) is 8.28. The highest BCUT2D eigenvalue weighted by Crippen LogP contribution is 2.42. The number of rotatable bonds is 4. The Morgan fingerprint density at radius 2 is 1.82 bits per heavy atom. The predicted octanol–water partition coefficient (Wildman–Crippen LogP) is 6.59. The van der Waals surface area contributed by atoms with E-state index in [1.165, 1.54) is 11.9 Å². The number of hydrogen-bond acceptors (Lipinski definition) is 9. The molecule has 45 heavy (non-hydrogen) atoms. The summed E-state index contributed by atoms with van der Waals surface area (Å²) < 4.78 is 73.4. The average Bonchev–Trinajstić information content (AvgIpc) is 3.39. The number of ether oxygens (including phenoxy) is 1. The van der Waals surface area contributed by atoms with E-state index >= 15 is 0 Å². The minimum absolute atomic E-state index is 0.0318. The van der Waals surface area contributed by atoms with Gasteiger partial charge < -0.3 is 19.9 Å². The zero-order valence-electron chi connectivity index (χ0n) is 24.9. The monoisotopic (exact) mass is 685 g/mol. The number of alkyl halides is 3. The normalized spacial score (nSPS) is 17.6. The predicted molar refractivity (Wildman–Crippen MR) is 164 cm³/mol. The number of amides is 2. The lowest BCUT2D eigenvalue weighted by atomic mass is 9.89. The molecule has 0 aliphatic carbocycles. The van der Waals surface area contributed by atoms with Crippen LogP contribution in [0.2, 0.25) is 5.02 Å². The molecule has 2 aliphatic rings. The number of carbonyl (C=O) groups is 2. The van der Waals surface area contributed by atoms with E-state index in [4.69, 9.17) is 16.3 Å². The van der Waals surface area contributed by atoms with Crippen LogP contribution < -0.4 is 5.32 Å². The maximum Gasteiger partial charge on any atom is 0.420 e. The molecule has 1 fully saturated rings. The number of thiophene rings is 1. The topological polar surface area (TPSA) is 122 Å². The molecule has 0 bridgehead atoms. The fourth-order valence-electron chi connectivity index (χ4n) is 5.09. The lowest BCUT2D eigenvalue weighted by Crippen LogP contribution is -2.41. The Labute approximate surface area is 267 Å². The Balaban J connectivity index is 1.43. The minimum atomic E-state index is -4.86. The Bertz CT molecular complexity index is 1750. The first-order valence-corrected chi connectivity index (χ1v) is 16.9. The molecule has 4 heterocycles. The molecule has 0 radical (unpaired) electrons. The van der Waals surface area contributed by atoms with Gasteiger partial charge in [0, 0.05) is 32.9 Å². The van der Waals surface area contributed by atoms with Gasteiger partial charge in [-0.15, -0.1) is 11.3 Å². The molecule has 5 rings (SSSR count). The number of nitrogens with zero attached hydrogens (tertiary/aromatic N) is 4. The largest absolute Gasteiger partial charge is 0.444 e. The van der Waals surface area contributed by atoms with E-state index in [2.05, 4.69) is 15.3 Å². The van der Waals surface area contributed by atoms with E-state index in [9.17, 15) is 31.2 Å². The summed E-state index contributed by atoms with van der Waals surface area (Å²) in [5.41, 5.74) is -1.08. The van der Waals surface area contributed by atoms with Crippen LogP contribution in [-0.4, -0.2) is 78.2 Å². The van der Waals surface area contributed by atoms with Crippen molar-refractivity contribution in [2.75, 3.05) is 37.8 Å². The quantitative estimate of drug-likeness (QED) is 0.326. The molecular formula is C29H31ClF3N5O5S2. The number of anilines is 2. The Hall–Kier alpha value is -3.43. The van der Waals surface area contributed by atoms with Crippen LogP contribution in [0, 0.1) is 0 Å². The van der Waals surface area contributed by atoms with Crippen LogP contribution in [0.1, 0.15) is 60.3 Å². The SMILES string of the molecule is CN1CCS(=O)(=O)c2cc(-c3nc(Nc4cc(C5CCN(C(=O)OC(C)(C)C)CC5)ccc4Cl)ncc3C(F)(F)F)sc2C1=O. The second-order valence-electron chi connectivity index (χ2n) is 11.9. The van der Waals surface area contributed by atoms with Crippen molar-refractivity contribution >= 4 is 56.4 Å². The van der Waals surface area contributed by atoms with Gasteiger partial charge in [0.05, 0.1) is 31.9 Å². The smallest absolute Gasteiger partial charge is 0.420 e. The van der Waals surface area contributed by atoms with E-state index in [1.54, 1.807) is 17.0 Å². The standard InChI is InChI=1S/C29H31ClF3N5O5S2/c1-28(2,3)43-27(40)38-9-7-16(8-10-38)17-5-6-19(30)20(13-17)35-26-34-15-18(29(31,32)33)23(36-26)21-14-22-24(44-21)25(39)37(4)11-12-45(22,41)42/h5-6,13-16H,7-12H2,1-4H3,(H,34,35,36). The van der Waals surface area contributed by atoms with Crippen molar-refractivity contribution in [3.05, 3.63) is 51.5 Å². The summed E-state index contributed by atoms with van der Waals surface area (Å²) >= 11 is 7.08. The average molecular weight is 686 g/mol. The molecule has 2 aromatic heterocycles. The molecule has 1 N–H and O–H groups in total. The minimum Gasteiger partial charge on any atom is -0.444 e. The maximum absolute atomic E-state index is 14.1. The van der Waals surface area contributed by atoms with Crippen molar-refractivity contribution in [3.8, 4) is 10.6 Å². The summed E-state index contributed by atoms with van der Waals surface area (Å²) in [6.45, 7) is 6.38. The molecule has 16 heteroatoms. The van der Waals surface area contributed by atoms with Gasteiger partial charge in [0.15, 0.2) is 9.84 Å². The van der Waals surface area contributed by atoms with Gasteiger partial charge in [-0.05, 0) is 63.3 Å². The summed E-state index contributed by atoms with van der Waals surface area (Å²) in [4.78, 5) is 35.6. The highest BCUT2D eigenvalue weighted by molar-refractivity contribution is 7.91. The van der Waals surface area contributed by atoms with E-state index in [0.717, 1.165) is 11.6 Å². The second kappa shape index (κ2) is 12.1. The summed E-state index contributed by atoms with van der Waals surface area (Å²) in [6, 6.07) is 6.36. The van der Waals surface area contributed by atoms with Crippen molar-refractivity contribution in [2.24, 2.45) is 0 Å². The first-order valence-electron chi connectivity index (χ1n) is 14.0. The first-order chi connectivity index (χ1) is 20.9. The number of carbonyl (C=O) groups excluding carboxylic acids is 2. The van der Waals surface area contributed by atoms with Crippen molar-refractivity contribution in [1.82, 2.24) is 19.8 Å². The lowest BCUT2D eigenvalue weighted by molar-refractivity contribution is -0.137. The van der Waals surface area contributed by atoms with Crippen LogP contribution in [-0.2, 0) is 20.8 Å². The van der Waals surface area contributed by atoms with Gasteiger partial charge in [-0.3, -0.25) is 4.79 Å². The Kier molecular flexibility index (Phi) is 8.83. The van der Waals surface area contributed by atoms with Crippen LogP contribution in [0.5, 0.6) is 0 Å². The summed E-state index contributed by atoms with van der Waals surface area (Å²) in [5.74, 6) is -1.06. The van der Waals surface area contributed by atoms with Crippen LogP contribution in [0.15, 0.2) is 35.4 Å². The van der Waals surface area contributed by atoms with Gasteiger partial charge in [0.1, 0.15) is 16.0 Å². The van der Waals surface area contributed by atoms with E-state index < -0.39 is 38.8 Å². The van der Waals surface area contributed by atoms with Gasteiger partial charge in [0.25, 0.3) is 5.91 Å². The highest BCUT2D eigenvalue weighted by atomic mass is 35.5. The number of piperidine rings is 1. The van der Waals surface area contributed by atoms with Crippen LogP contribution in [0.4, 0.5) is 29.6 Å². The summed E-state index contributed by atoms with van der Waals surface area (Å²) in [7, 11) is -2.48. The van der Waals surface area contributed by atoms with Gasteiger partial charge in [-0.2, -0.15) is 13.2 Å². The van der Waals surface area contributed by atoms with E-state index in [0.29, 0.717) is 49.2 Å². The van der Waals surface area contributed by atoms with Gasteiger partial charge in [-0.25, -0.2) is 23.2 Å². The summed E-state index contributed by atoms with van der Waals surface area (Å²) in [5, 5.41) is 3.18. The first kappa shape index (κ1) is 32.9. The molecule has 1 aromatic carbocycles. The molecular weight excluding hydrogens is 655 g/mol. The van der Waals surface area contributed by atoms with Gasteiger partial charge in [0.2, 0.25) is 5.95 Å². The third-order valence-electron chi connectivity index (χ3n) is 7.45. The van der Waals surface area contributed by atoms with E-state index in [-0.39, 0.29) is 49.9 Å². The Morgan fingerprint density at radius 1 is 1.13 bits per heavy atom. The molecule has 0 atom stereocenters. The Morgan fingerprint density at radius 3 is 2.47 bits per heavy atom. The zero-order chi connectivity index (χ0) is 32.9. The molecule has 2 aliphatic heterocycles. The van der Waals surface area contributed by atoms with Crippen molar-refractivity contribution in [3.63, 3.8) is 0 Å². The molecule has 0 saturated carbocycles. The zero-order valence-corrected chi connectivity index (χ0v) is 27.3. The maximum atomic E-state index is 14.1. The third kappa shape index (κ3) is 7.20. The summed E-state index contributed by atoms with van der Waals surface area (Å²) in [6.07, 6.45) is -3.28. The molecule has 10 nitrogen and oxygen atoms in total. The fraction of sp³-hybridized carbons (Fsp3) is 0.448. The van der Waals surface area contributed by atoms with E-state index in [1.807, 2.05) is 26.8 Å². The van der Waals surface area contributed by atoms with Gasteiger partial charge in [-0.1, -0.05) is 17.7 Å². The number of likely N-dealkylation sites (tertiary alicyclic amines) is 1. The third-order valence-corrected chi connectivity index (χ3v) is 10.8. The molecule has 0 spiro atoms. The van der Waals surface area contributed by atoms with Crippen LogP contribution in [0.3, 0.4) is 0 Å². The number of halogens is 4. The van der Waals surface area contributed by atoms with Gasteiger partial charge >= 0.3 is 12.3 Å². The highest BCUT2D eigenvalue weighted by Gasteiger charge is 2.38. The van der Waals surface area contributed by atoms with Crippen molar-refractivity contribution in [2.45, 2.75) is 56.2 Å². The second-order valence-corrected chi connectivity index (χ2v) is 15.4. The number of benzene rings is 1. The van der Waals surface area contributed by atoms with Crippen LogP contribution in [0.25, 0.3) is 10.6 Å². The molecule has 1 saturated heterocycles. The molecule has 0 unspecified atom stereocenters. The number of fused-ring (bicyclic) bond motifs is 1. The van der Waals surface area contributed by atoms with Crippen LogP contribution >= 0.6 is 22.9 Å². The molecule has 2 amide bonds. The molecule has 3 aromatic rings. The lowest BCUT2D eigenvalue weighted by Gasteiger charge is -2.33. The molecule has 242 valence electrons. The number of hydrogen-bond donors (Lipinski definition) is 1.